The van der Waals surface area contributed by atoms with Crippen molar-refractivity contribution in [2.24, 2.45) is 0 Å². The Kier molecular flexibility index (Phi) is 6.42. The van der Waals surface area contributed by atoms with Crippen molar-refractivity contribution >= 4 is 18.0 Å². The van der Waals surface area contributed by atoms with Gasteiger partial charge in [0.05, 0.1) is 12.7 Å². The molecule has 21 heavy (non-hydrogen) atoms. The van der Waals surface area contributed by atoms with E-state index in [4.69, 9.17) is 9.84 Å². The number of hydrogen-bond acceptors (Lipinski definition) is 4. The van der Waals surface area contributed by atoms with Gasteiger partial charge in [-0.05, 0) is 26.0 Å². The Morgan fingerprint density at radius 1 is 1.38 bits per heavy atom. The van der Waals surface area contributed by atoms with E-state index in [-0.39, 0.29) is 0 Å². The summed E-state index contributed by atoms with van der Waals surface area (Å²) in [5.74, 6) is -1.26. The fourth-order valence-corrected chi connectivity index (χ4v) is 1.66. The van der Waals surface area contributed by atoms with Crippen molar-refractivity contribution in [1.82, 2.24) is 5.32 Å². The van der Waals surface area contributed by atoms with E-state index >= 15 is 0 Å². The molecule has 0 radical (unpaired) electrons. The first kappa shape index (κ1) is 16.7. The lowest BCUT2D eigenvalue weighted by Crippen LogP contribution is -2.47. The Hall–Kier alpha value is -2.34. The van der Waals surface area contributed by atoms with Crippen molar-refractivity contribution in [2.45, 2.75) is 26.0 Å². The van der Waals surface area contributed by atoms with E-state index < -0.39 is 24.0 Å². The SMILES string of the molecule is CCOc1ccccc1/C=C/C(=O)NC(C(=O)O)C(C)O. The van der Waals surface area contributed by atoms with Gasteiger partial charge in [0.15, 0.2) is 6.04 Å². The number of ether oxygens (including phenoxy) is 1. The number of aliphatic hydroxyl groups excluding tert-OH is 1. The number of aliphatic carboxylic acids is 1. The van der Waals surface area contributed by atoms with Crippen LogP contribution in [-0.4, -0.2) is 40.8 Å². The van der Waals surface area contributed by atoms with Gasteiger partial charge in [0.1, 0.15) is 5.75 Å². The summed E-state index contributed by atoms with van der Waals surface area (Å²) in [5.41, 5.74) is 0.707. The van der Waals surface area contributed by atoms with Crippen LogP contribution in [0.4, 0.5) is 0 Å². The van der Waals surface area contributed by atoms with Gasteiger partial charge in [-0.3, -0.25) is 4.79 Å². The molecule has 0 aromatic heterocycles. The maximum absolute atomic E-state index is 11.7. The van der Waals surface area contributed by atoms with E-state index in [0.717, 1.165) is 0 Å². The van der Waals surface area contributed by atoms with E-state index in [2.05, 4.69) is 5.32 Å². The van der Waals surface area contributed by atoms with Gasteiger partial charge in [0, 0.05) is 11.6 Å². The molecule has 1 aromatic carbocycles. The minimum atomic E-state index is -1.34. The van der Waals surface area contributed by atoms with Crippen LogP contribution in [0, 0.1) is 0 Å². The zero-order valence-electron chi connectivity index (χ0n) is 11.9. The quantitative estimate of drug-likeness (QED) is 0.653. The van der Waals surface area contributed by atoms with Crippen LogP contribution in [-0.2, 0) is 9.59 Å². The van der Waals surface area contributed by atoms with E-state index in [1.54, 1.807) is 18.2 Å². The fourth-order valence-electron chi connectivity index (χ4n) is 1.66. The number of carboxylic acid groups (broad SMARTS) is 1. The molecule has 2 atom stereocenters. The van der Waals surface area contributed by atoms with Crippen molar-refractivity contribution in [3.05, 3.63) is 35.9 Å². The fraction of sp³-hybridized carbons (Fsp3) is 0.333. The molecule has 0 heterocycles. The Balaban J connectivity index is 2.76. The van der Waals surface area contributed by atoms with Gasteiger partial charge in [0.2, 0.25) is 5.91 Å². The Morgan fingerprint density at radius 2 is 2.05 bits per heavy atom. The van der Waals surface area contributed by atoms with Crippen molar-refractivity contribution in [1.29, 1.82) is 0 Å². The molecule has 0 fully saturated rings. The maximum atomic E-state index is 11.7. The third-order valence-electron chi connectivity index (χ3n) is 2.68. The molecule has 6 nitrogen and oxygen atoms in total. The average molecular weight is 293 g/mol. The second-order valence-corrected chi connectivity index (χ2v) is 4.37. The highest BCUT2D eigenvalue weighted by Gasteiger charge is 2.23. The summed E-state index contributed by atoms with van der Waals surface area (Å²) in [4.78, 5) is 22.6. The molecule has 0 saturated heterocycles. The average Bonchev–Trinajstić information content (AvgIpc) is 2.43. The molecule has 1 aromatic rings. The molecule has 1 amide bonds. The molecule has 0 aliphatic rings. The molecule has 0 saturated carbocycles. The molecular weight excluding hydrogens is 274 g/mol. The van der Waals surface area contributed by atoms with Crippen LogP contribution in [0.15, 0.2) is 30.3 Å². The first-order valence-electron chi connectivity index (χ1n) is 6.57. The number of aliphatic hydroxyl groups is 1. The lowest BCUT2D eigenvalue weighted by Gasteiger charge is -2.15. The van der Waals surface area contributed by atoms with Gasteiger partial charge in [-0.2, -0.15) is 0 Å². The van der Waals surface area contributed by atoms with E-state index in [1.807, 2.05) is 13.0 Å². The minimum absolute atomic E-state index is 0.500. The van der Waals surface area contributed by atoms with Crippen LogP contribution in [0.25, 0.3) is 6.08 Å². The Labute approximate surface area is 123 Å². The maximum Gasteiger partial charge on any atom is 0.328 e. The van der Waals surface area contributed by atoms with E-state index in [1.165, 1.54) is 19.1 Å². The van der Waals surface area contributed by atoms with Crippen LogP contribution < -0.4 is 10.1 Å². The molecular formula is C15H19NO5. The number of carbonyl (C=O) groups is 2. The van der Waals surface area contributed by atoms with Crippen LogP contribution in [0.3, 0.4) is 0 Å². The standard InChI is InChI=1S/C15H19NO5/c1-3-21-12-7-5-4-6-11(12)8-9-13(18)16-14(10(2)17)15(19)20/h4-10,14,17H,3H2,1-2H3,(H,16,18)(H,19,20)/b9-8+. The van der Waals surface area contributed by atoms with Gasteiger partial charge in [-0.25, -0.2) is 4.79 Å². The molecule has 0 aliphatic carbocycles. The molecule has 0 spiro atoms. The smallest absolute Gasteiger partial charge is 0.328 e. The first-order chi connectivity index (χ1) is 9.95. The van der Waals surface area contributed by atoms with Crippen LogP contribution in [0.1, 0.15) is 19.4 Å². The van der Waals surface area contributed by atoms with Crippen molar-refractivity contribution in [2.75, 3.05) is 6.61 Å². The summed E-state index contributed by atoms with van der Waals surface area (Å²) >= 11 is 0. The van der Waals surface area contributed by atoms with Crippen molar-refractivity contribution in [3.8, 4) is 5.75 Å². The summed E-state index contributed by atoms with van der Waals surface area (Å²) in [6.45, 7) is 3.65. The highest BCUT2D eigenvalue weighted by atomic mass is 16.5. The third-order valence-corrected chi connectivity index (χ3v) is 2.68. The predicted octanol–water partition coefficient (Wildman–Crippen LogP) is 1.05. The number of hydrogen-bond donors (Lipinski definition) is 3. The van der Waals surface area contributed by atoms with Gasteiger partial charge >= 0.3 is 5.97 Å². The zero-order chi connectivity index (χ0) is 15.8. The molecule has 0 aliphatic heterocycles. The molecule has 0 bridgehead atoms. The monoisotopic (exact) mass is 293 g/mol. The molecule has 114 valence electrons. The highest BCUT2D eigenvalue weighted by molar-refractivity contribution is 5.94. The summed E-state index contributed by atoms with van der Waals surface area (Å²) in [6, 6.07) is 5.82. The largest absolute Gasteiger partial charge is 0.493 e. The van der Waals surface area contributed by atoms with Gasteiger partial charge < -0.3 is 20.3 Å². The molecule has 6 heteroatoms. The zero-order valence-corrected chi connectivity index (χ0v) is 11.9. The van der Waals surface area contributed by atoms with Crippen LogP contribution in [0.5, 0.6) is 5.75 Å². The molecule has 3 N–H and O–H groups in total. The number of para-hydroxylation sites is 1. The number of nitrogens with one attached hydrogen (secondary N) is 1. The number of carboxylic acids is 1. The van der Waals surface area contributed by atoms with Gasteiger partial charge in [-0.1, -0.05) is 18.2 Å². The second kappa shape index (κ2) is 8.06. The number of amides is 1. The predicted molar refractivity (Wildman–Crippen MR) is 77.9 cm³/mol. The first-order valence-corrected chi connectivity index (χ1v) is 6.57. The topological polar surface area (TPSA) is 95.9 Å². The molecule has 1 rings (SSSR count). The minimum Gasteiger partial charge on any atom is -0.493 e. The van der Waals surface area contributed by atoms with Crippen LogP contribution in [0.2, 0.25) is 0 Å². The normalized spacial score (nSPS) is 13.7. The lowest BCUT2D eigenvalue weighted by molar-refractivity contribution is -0.144. The van der Waals surface area contributed by atoms with Gasteiger partial charge in [-0.15, -0.1) is 0 Å². The molecule has 2 unspecified atom stereocenters. The lowest BCUT2D eigenvalue weighted by atomic mass is 10.1. The summed E-state index contributed by atoms with van der Waals surface area (Å²) < 4.78 is 5.41. The Bertz CT molecular complexity index is 525. The van der Waals surface area contributed by atoms with Crippen molar-refractivity contribution < 1.29 is 24.5 Å². The second-order valence-electron chi connectivity index (χ2n) is 4.37. The van der Waals surface area contributed by atoms with Gasteiger partial charge in [0.25, 0.3) is 0 Å². The number of rotatable bonds is 7. The summed E-state index contributed by atoms with van der Waals surface area (Å²) in [7, 11) is 0. The summed E-state index contributed by atoms with van der Waals surface area (Å²) in [5, 5.41) is 20.4. The van der Waals surface area contributed by atoms with E-state index in [0.29, 0.717) is 17.9 Å². The van der Waals surface area contributed by atoms with Crippen LogP contribution >= 0.6 is 0 Å². The Morgan fingerprint density at radius 3 is 2.62 bits per heavy atom. The third kappa shape index (κ3) is 5.27. The van der Waals surface area contributed by atoms with E-state index in [9.17, 15) is 14.7 Å². The number of carbonyl (C=O) groups excluding carboxylic acids is 1. The highest BCUT2D eigenvalue weighted by Crippen LogP contribution is 2.19. The summed E-state index contributed by atoms with van der Waals surface area (Å²) in [6.07, 6.45) is 1.55. The number of benzene rings is 1. The van der Waals surface area contributed by atoms with Crippen molar-refractivity contribution in [3.63, 3.8) is 0 Å².